The highest BCUT2D eigenvalue weighted by Crippen LogP contribution is 2.56. The lowest BCUT2D eigenvalue weighted by atomic mass is 10.0. The molecule has 8 aromatic rings. The molecule has 0 aliphatic carbocycles. The number of aryl methyl sites for hydroxylation is 2. The Balaban J connectivity index is 0.956. The summed E-state index contributed by atoms with van der Waals surface area (Å²) in [5.41, 5.74) is 5.78. The minimum atomic E-state index is 1.19. The maximum absolute atomic E-state index is 2.41. The van der Waals surface area contributed by atoms with E-state index in [-0.39, 0.29) is 0 Å². The summed E-state index contributed by atoms with van der Waals surface area (Å²) < 4.78 is 9.39. The van der Waals surface area contributed by atoms with Gasteiger partial charge in [-0.2, -0.15) is 0 Å². The zero-order chi connectivity index (χ0) is 50.8. The van der Waals surface area contributed by atoms with Crippen molar-refractivity contribution in [3.8, 4) is 19.5 Å². The second kappa shape index (κ2) is 32.6. The molecule has 396 valence electrons. The lowest BCUT2D eigenvalue weighted by molar-refractivity contribution is 0.532. The molecule has 0 aliphatic rings. The van der Waals surface area contributed by atoms with Crippen molar-refractivity contribution in [2.45, 2.75) is 219 Å². The van der Waals surface area contributed by atoms with Crippen LogP contribution < -0.4 is 0 Å². The van der Waals surface area contributed by atoms with E-state index >= 15 is 0 Å². The molecule has 6 heteroatoms. The summed E-state index contributed by atoms with van der Waals surface area (Å²) in [6, 6.07) is 31.0. The second-order valence-electron chi connectivity index (χ2n) is 21.3. The van der Waals surface area contributed by atoms with Crippen molar-refractivity contribution in [2.24, 2.45) is 0 Å². The molecule has 0 atom stereocenters. The van der Waals surface area contributed by atoms with E-state index in [0.29, 0.717) is 0 Å². The topological polar surface area (TPSA) is 0 Å². The Kier molecular flexibility index (Phi) is 25.1. The van der Waals surface area contributed by atoms with Gasteiger partial charge in [0.05, 0.1) is 28.2 Å². The predicted molar refractivity (Wildman–Crippen MR) is 345 cm³/mol. The van der Waals surface area contributed by atoms with Crippen molar-refractivity contribution >= 4 is 121 Å². The number of thiophene rings is 6. The van der Waals surface area contributed by atoms with Gasteiger partial charge in [-0.05, 0) is 84.4 Å². The minimum Gasteiger partial charge on any atom is -0.135 e. The van der Waals surface area contributed by atoms with Gasteiger partial charge in [0.1, 0.15) is 0 Å². The third-order valence-electron chi connectivity index (χ3n) is 15.2. The third kappa shape index (κ3) is 17.5. The van der Waals surface area contributed by atoms with Gasteiger partial charge in [-0.15, -0.1) is 68.0 Å². The summed E-state index contributed by atoms with van der Waals surface area (Å²) in [5.74, 6) is 0. The van der Waals surface area contributed by atoms with Gasteiger partial charge in [0.15, 0.2) is 0 Å². The lowest BCUT2D eigenvalue weighted by Crippen LogP contribution is -1.87. The molecule has 74 heavy (non-hydrogen) atoms. The predicted octanol–water partition coefficient (Wildman–Crippen LogP) is 26.0. The Bertz CT molecular complexity index is 2640. The van der Waals surface area contributed by atoms with E-state index in [1.54, 1.807) is 39.3 Å². The fourth-order valence-corrected chi connectivity index (χ4v) is 19.2. The molecular formula is C68H88S6. The zero-order valence-corrected chi connectivity index (χ0v) is 50.4. The average molecular weight is 1100 g/mol. The third-order valence-corrected chi connectivity index (χ3v) is 23.3. The van der Waals surface area contributed by atoms with Crippen LogP contribution in [0.4, 0.5) is 0 Å². The van der Waals surface area contributed by atoms with Crippen molar-refractivity contribution in [3.05, 3.63) is 117 Å². The van der Waals surface area contributed by atoms with Crippen molar-refractivity contribution in [3.63, 3.8) is 0 Å². The molecule has 0 radical (unpaired) electrons. The zero-order valence-electron chi connectivity index (χ0n) is 45.5. The first-order chi connectivity index (χ1) is 36.7. The molecule has 8 rings (SSSR count). The van der Waals surface area contributed by atoms with Gasteiger partial charge in [-0.1, -0.05) is 266 Å². The fraction of sp³-hybridized carbons (Fsp3) is 0.500. The summed E-state index contributed by atoms with van der Waals surface area (Å²) >= 11 is 12.4. The van der Waals surface area contributed by atoms with E-state index in [4.69, 9.17) is 0 Å². The van der Waals surface area contributed by atoms with Crippen LogP contribution in [0.15, 0.2) is 84.9 Å². The maximum Gasteiger partial charge on any atom is 0.0651 e. The Morgan fingerprint density at radius 1 is 0.270 bits per heavy atom. The second-order valence-corrected chi connectivity index (χ2v) is 27.6. The highest BCUT2D eigenvalue weighted by Gasteiger charge is 2.26. The molecule has 0 N–H and O–H groups in total. The molecule has 0 aliphatic heterocycles. The normalized spacial score (nSPS) is 12.2. The van der Waals surface area contributed by atoms with E-state index in [1.807, 2.05) is 22.7 Å². The van der Waals surface area contributed by atoms with Crippen molar-refractivity contribution in [1.82, 2.24) is 0 Å². The van der Waals surface area contributed by atoms with Gasteiger partial charge in [-0.25, -0.2) is 0 Å². The number of unbranched alkanes of at least 4 members (excludes halogenated alkanes) is 28. The maximum atomic E-state index is 2.41. The molecule has 6 aromatic heterocycles. The van der Waals surface area contributed by atoms with Gasteiger partial charge in [0.2, 0.25) is 0 Å². The van der Waals surface area contributed by atoms with Crippen LogP contribution >= 0.6 is 68.0 Å². The Morgan fingerprint density at radius 2 is 0.568 bits per heavy atom. The van der Waals surface area contributed by atoms with Crippen molar-refractivity contribution < 1.29 is 0 Å². The Morgan fingerprint density at radius 3 is 0.892 bits per heavy atom. The summed E-state index contributed by atoms with van der Waals surface area (Å²) in [7, 11) is 0. The molecule has 0 saturated carbocycles. The van der Waals surface area contributed by atoms with Crippen LogP contribution in [-0.4, -0.2) is 0 Å². The molecule has 0 saturated heterocycles. The molecule has 2 aromatic carbocycles. The Labute approximate surface area is 472 Å². The van der Waals surface area contributed by atoms with Crippen LogP contribution in [0.2, 0.25) is 0 Å². The summed E-state index contributed by atoms with van der Waals surface area (Å²) in [5, 5.41) is 0. The van der Waals surface area contributed by atoms with Crippen LogP contribution in [0.5, 0.6) is 0 Å². The average Bonchev–Trinajstić information content (AvgIpc) is 4.32. The van der Waals surface area contributed by atoms with E-state index in [2.05, 4.69) is 168 Å². The first-order valence-corrected chi connectivity index (χ1v) is 34.7. The largest absolute Gasteiger partial charge is 0.135 e. The minimum absolute atomic E-state index is 1.19. The number of hydrogen-bond donors (Lipinski definition) is 0. The molecule has 0 unspecified atom stereocenters. The van der Waals surface area contributed by atoms with Gasteiger partial charge in [0.25, 0.3) is 0 Å². The van der Waals surface area contributed by atoms with Crippen LogP contribution in [0, 0.1) is 0 Å². The highest BCUT2D eigenvalue weighted by atomic mass is 32.1. The molecule has 0 spiro atoms. The molecular weight excluding hydrogens is 1010 g/mol. The van der Waals surface area contributed by atoms with Gasteiger partial charge in [0, 0.05) is 29.3 Å². The van der Waals surface area contributed by atoms with Gasteiger partial charge in [-0.3, -0.25) is 0 Å². The van der Waals surface area contributed by atoms with Crippen molar-refractivity contribution in [1.29, 1.82) is 0 Å². The van der Waals surface area contributed by atoms with Crippen LogP contribution in [0.1, 0.15) is 238 Å². The first-order valence-electron chi connectivity index (χ1n) is 29.8. The molecule has 0 nitrogen and oxygen atoms in total. The summed E-state index contributed by atoms with van der Waals surface area (Å²) in [6.07, 6.45) is 53.8. The number of fused-ring (bicyclic) bond motifs is 5. The first kappa shape index (κ1) is 57.1. The summed E-state index contributed by atoms with van der Waals surface area (Å²) in [6.45, 7) is 4.63. The van der Waals surface area contributed by atoms with Crippen molar-refractivity contribution in [2.75, 3.05) is 0 Å². The standard InChI is InChI=1S/C68H88S6/c1-3-5-7-9-11-13-15-17-19-21-23-25-27-29-37-43-57-61(59-51-49-55(69-59)47-45-53-39-33-31-34-40-53)71-65-63(57)73-68-66-64(74-67(65)68)58(44-38-30-28-26-24-22-20-18-16-14-12-10-8-6-4-2)62(72-66)60-52-50-56(70-60)48-46-54-41-35-32-36-42-54/h31-36,39-42,45-52H,3-30,37-38,43-44H2,1-2H3/b47-45+,48-46+. The molecule has 0 amide bonds. The van der Waals surface area contributed by atoms with Crippen LogP contribution in [0.3, 0.4) is 0 Å². The van der Waals surface area contributed by atoms with E-state index in [0.717, 1.165) is 0 Å². The molecule has 0 fully saturated rings. The number of rotatable bonds is 38. The van der Waals surface area contributed by atoms with Gasteiger partial charge < -0.3 is 0 Å². The van der Waals surface area contributed by atoms with E-state index in [9.17, 15) is 0 Å². The summed E-state index contributed by atoms with van der Waals surface area (Å²) in [4.78, 5) is 8.63. The smallest absolute Gasteiger partial charge is 0.0651 e. The number of hydrogen-bond acceptors (Lipinski definition) is 6. The van der Waals surface area contributed by atoms with Crippen LogP contribution in [-0.2, 0) is 12.8 Å². The quantitative estimate of drug-likeness (QED) is 0.0339. The molecule has 6 heterocycles. The van der Waals surface area contributed by atoms with E-state index in [1.165, 1.54) is 246 Å². The van der Waals surface area contributed by atoms with Crippen LogP contribution in [0.25, 0.3) is 72.0 Å². The highest BCUT2D eigenvalue weighted by molar-refractivity contribution is 7.46. The molecule has 0 bridgehead atoms. The monoisotopic (exact) mass is 1100 g/mol. The lowest BCUT2D eigenvalue weighted by Gasteiger charge is -2.05. The fourth-order valence-electron chi connectivity index (χ4n) is 10.8. The van der Waals surface area contributed by atoms with Gasteiger partial charge >= 0.3 is 0 Å². The number of benzene rings is 2. The van der Waals surface area contributed by atoms with E-state index < -0.39 is 0 Å². The Hall–Kier alpha value is -3.10. The SMILES string of the molecule is CCCCCCCCCCCCCCCCCc1c(-c2ccc(/C=C/c3ccccc3)s2)sc2c1sc1c3sc(-c4ccc(/C=C/c5ccccc5)s4)c(CCCCCCCCCCCCCCCCC)c3sc21.